The third-order valence-electron chi connectivity index (χ3n) is 3.38. The zero-order valence-electron chi connectivity index (χ0n) is 11.9. The first-order chi connectivity index (χ1) is 10.7. The summed E-state index contributed by atoms with van der Waals surface area (Å²) in [6.07, 6.45) is 0. The first kappa shape index (κ1) is 14.6. The number of aromatic nitrogens is 1. The van der Waals surface area contributed by atoms with Crippen molar-refractivity contribution in [3.63, 3.8) is 0 Å². The van der Waals surface area contributed by atoms with Gasteiger partial charge in [-0.15, -0.1) is 0 Å². The Balaban J connectivity index is 2.11. The smallest absolute Gasteiger partial charge is 0.173 e. The average molecular weight is 316 g/mol. The molecular formula is C17H14ClNO3. The number of halogens is 1. The van der Waals surface area contributed by atoms with Gasteiger partial charge in [-0.2, -0.15) is 0 Å². The molecule has 22 heavy (non-hydrogen) atoms. The predicted octanol–water partition coefficient (Wildman–Crippen LogP) is 4.16. The van der Waals surface area contributed by atoms with Gasteiger partial charge in [-0.05, 0) is 24.3 Å². The number of rotatable bonds is 4. The highest BCUT2D eigenvalue weighted by Gasteiger charge is 2.18. The molecule has 0 bridgehead atoms. The number of methoxy groups -OCH3 is 1. The Labute approximate surface area is 132 Å². The van der Waals surface area contributed by atoms with Gasteiger partial charge in [-0.1, -0.05) is 41.0 Å². The molecule has 1 aromatic heterocycles. The van der Waals surface area contributed by atoms with Crippen molar-refractivity contribution in [2.24, 2.45) is 0 Å². The normalized spacial score (nSPS) is 10.7. The maximum atomic E-state index is 9.74. The van der Waals surface area contributed by atoms with Gasteiger partial charge in [0.1, 0.15) is 11.4 Å². The molecule has 0 spiro atoms. The van der Waals surface area contributed by atoms with E-state index in [-0.39, 0.29) is 6.61 Å². The van der Waals surface area contributed by atoms with Gasteiger partial charge in [0.05, 0.1) is 19.3 Å². The molecule has 0 atom stereocenters. The Morgan fingerprint density at radius 3 is 2.64 bits per heavy atom. The van der Waals surface area contributed by atoms with Crippen molar-refractivity contribution < 1.29 is 14.4 Å². The van der Waals surface area contributed by atoms with Crippen LogP contribution in [0.1, 0.15) is 5.56 Å². The molecule has 0 unspecified atom stereocenters. The summed E-state index contributed by atoms with van der Waals surface area (Å²) in [5.41, 5.74) is 2.80. The van der Waals surface area contributed by atoms with Gasteiger partial charge in [0.25, 0.3) is 0 Å². The lowest BCUT2D eigenvalue weighted by Crippen LogP contribution is -1.90. The van der Waals surface area contributed by atoms with E-state index in [2.05, 4.69) is 5.16 Å². The molecule has 1 N–H and O–H groups in total. The highest BCUT2D eigenvalue weighted by Crippen LogP contribution is 2.34. The van der Waals surface area contributed by atoms with Crippen LogP contribution in [0.5, 0.6) is 5.75 Å². The number of nitrogens with zero attached hydrogens (tertiary/aromatic N) is 1. The molecule has 2 aromatic carbocycles. The molecule has 0 fully saturated rings. The predicted molar refractivity (Wildman–Crippen MR) is 84.9 cm³/mol. The number of aliphatic hydroxyl groups excluding tert-OH is 1. The monoisotopic (exact) mass is 315 g/mol. The Morgan fingerprint density at radius 1 is 1.14 bits per heavy atom. The van der Waals surface area contributed by atoms with Gasteiger partial charge in [-0.25, -0.2) is 0 Å². The summed E-state index contributed by atoms with van der Waals surface area (Å²) >= 11 is 6.02. The molecule has 0 amide bonds. The van der Waals surface area contributed by atoms with Gasteiger partial charge >= 0.3 is 0 Å². The lowest BCUT2D eigenvalue weighted by molar-refractivity contribution is 0.281. The topological polar surface area (TPSA) is 55.5 Å². The molecule has 5 heteroatoms. The van der Waals surface area contributed by atoms with Gasteiger partial charge in [0.15, 0.2) is 5.76 Å². The minimum Gasteiger partial charge on any atom is -0.497 e. The van der Waals surface area contributed by atoms with E-state index in [1.54, 1.807) is 19.2 Å². The van der Waals surface area contributed by atoms with E-state index in [0.717, 1.165) is 11.1 Å². The molecule has 0 aliphatic rings. The summed E-state index contributed by atoms with van der Waals surface area (Å²) in [5, 5.41) is 14.4. The maximum absolute atomic E-state index is 9.74. The van der Waals surface area contributed by atoms with Crippen molar-refractivity contribution in [3.05, 3.63) is 59.1 Å². The average Bonchev–Trinajstić information content (AvgIpc) is 2.99. The molecule has 0 saturated carbocycles. The lowest BCUT2D eigenvalue weighted by Gasteiger charge is -2.04. The van der Waals surface area contributed by atoms with Gasteiger partial charge in [0, 0.05) is 16.1 Å². The van der Waals surface area contributed by atoms with Gasteiger partial charge in [-0.3, -0.25) is 0 Å². The first-order valence-corrected chi connectivity index (χ1v) is 7.10. The molecule has 0 radical (unpaired) electrons. The number of aliphatic hydroxyl groups is 1. The maximum Gasteiger partial charge on any atom is 0.173 e. The summed E-state index contributed by atoms with van der Waals surface area (Å²) in [4.78, 5) is 0. The van der Waals surface area contributed by atoms with Crippen molar-refractivity contribution in [2.75, 3.05) is 7.11 Å². The van der Waals surface area contributed by atoms with Crippen LogP contribution in [0.2, 0.25) is 5.02 Å². The number of hydrogen-bond donors (Lipinski definition) is 1. The minimum absolute atomic E-state index is 0.183. The third-order valence-corrected chi connectivity index (χ3v) is 3.61. The van der Waals surface area contributed by atoms with E-state index in [4.69, 9.17) is 20.9 Å². The number of ether oxygens (including phenoxy) is 1. The third kappa shape index (κ3) is 2.71. The van der Waals surface area contributed by atoms with Crippen LogP contribution in [0.15, 0.2) is 53.1 Å². The van der Waals surface area contributed by atoms with Crippen LogP contribution in [-0.4, -0.2) is 17.4 Å². The van der Waals surface area contributed by atoms with E-state index < -0.39 is 0 Å². The molecule has 3 rings (SSSR count). The quantitative estimate of drug-likeness (QED) is 0.785. The lowest BCUT2D eigenvalue weighted by atomic mass is 10.0. The van der Waals surface area contributed by atoms with E-state index in [9.17, 15) is 5.11 Å². The van der Waals surface area contributed by atoms with Crippen molar-refractivity contribution >= 4 is 11.6 Å². The van der Waals surface area contributed by atoms with Crippen LogP contribution in [0, 0.1) is 0 Å². The fourth-order valence-corrected chi connectivity index (χ4v) is 2.50. The Bertz CT molecular complexity index is 798. The molecule has 1 heterocycles. The van der Waals surface area contributed by atoms with Crippen molar-refractivity contribution in [1.82, 2.24) is 5.16 Å². The fourth-order valence-electron chi connectivity index (χ4n) is 2.31. The largest absolute Gasteiger partial charge is 0.497 e. The number of benzene rings is 2. The standard InChI is InChI=1S/C17H14ClNO3/c1-21-14-7-3-5-12(9-14)17-15(10-20)16(19-22-17)11-4-2-6-13(18)8-11/h2-9,20H,10H2,1H3. The SMILES string of the molecule is COc1cccc(-c2onc(-c3cccc(Cl)c3)c2CO)c1. The molecular weight excluding hydrogens is 302 g/mol. The summed E-state index contributed by atoms with van der Waals surface area (Å²) < 4.78 is 10.7. The van der Waals surface area contributed by atoms with E-state index in [0.29, 0.717) is 27.8 Å². The van der Waals surface area contributed by atoms with Gasteiger partial charge < -0.3 is 14.4 Å². The Hall–Kier alpha value is -2.30. The van der Waals surface area contributed by atoms with Gasteiger partial charge in [0.2, 0.25) is 0 Å². The zero-order chi connectivity index (χ0) is 15.5. The van der Waals surface area contributed by atoms with E-state index >= 15 is 0 Å². The number of hydrogen-bond acceptors (Lipinski definition) is 4. The minimum atomic E-state index is -0.183. The molecule has 3 aromatic rings. The molecule has 4 nitrogen and oxygen atoms in total. The summed E-state index contributed by atoms with van der Waals surface area (Å²) in [6.45, 7) is -0.183. The fraction of sp³-hybridized carbons (Fsp3) is 0.118. The molecule has 0 aliphatic heterocycles. The zero-order valence-corrected chi connectivity index (χ0v) is 12.7. The van der Waals surface area contributed by atoms with Crippen molar-refractivity contribution in [3.8, 4) is 28.3 Å². The molecule has 0 aliphatic carbocycles. The van der Waals surface area contributed by atoms with Crippen LogP contribution in [0.3, 0.4) is 0 Å². The Morgan fingerprint density at radius 2 is 1.91 bits per heavy atom. The van der Waals surface area contributed by atoms with E-state index in [1.165, 1.54) is 0 Å². The Kier molecular flexibility index (Phi) is 4.13. The molecule has 0 saturated heterocycles. The van der Waals surface area contributed by atoms with Crippen molar-refractivity contribution in [2.45, 2.75) is 6.61 Å². The second kappa shape index (κ2) is 6.22. The molecule has 112 valence electrons. The van der Waals surface area contributed by atoms with Crippen LogP contribution >= 0.6 is 11.6 Å². The highest BCUT2D eigenvalue weighted by atomic mass is 35.5. The summed E-state index contributed by atoms with van der Waals surface area (Å²) in [7, 11) is 1.60. The highest BCUT2D eigenvalue weighted by molar-refractivity contribution is 6.30. The summed E-state index contributed by atoms with van der Waals surface area (Å²) in [5.74, 6) is 1.23. The second-order valence-electron chi connectivity index (χ2n) is 4.74. The summed E-state index contributed by atoms with van der Waals surface area (Å²) in [6, 6.07) is 14.7. The second-order valence-corrected chi connectivity index (χ2v) is 5.18. The van der Waals surface area contributed by atoms with Crippen LogP contribution in [-0.2, 0) is 6.61 Å². The van der Waals surface area contributed by atoms with Crippen LogP contribution < -0.4 is 4.74 Å². The van der Waals surface area contributed by atoms with Crippen LogP contribution in [0.25, 0.3) is 22.6 Å². The van der Waals surface area contributed by atoms with Crippen LogP contribution in [0.4, 0.5) is 0 Å². The van der Waals surface area contributed by atoms with E-state index in [1.807, 2.05) is 36.4 Å². The van der Waals surface area contributed by atoms with Crippen molar-refractivity contribution in [1.29, 1.82) is 0 Å². The first-order valence-electron chi connectivity index (χ1n) is 6.72.